The lowest BCUT2D eigenvalue weighted by Gasteiger charge is -2.05. The summed E-state index contributed by atoms with van der Waals surface area (Å²) >= 11 is 0. The normalized spacial score (nSPS) is 18.3. The Labute approximate surface area is 56.6 Å². The molecule has 0 saturated carbocycles. The highest BCUT2D eigenvalue weighted by molar-refractivity contribution is 5.31. The molecule has 0 aliphatic heterocycles. The van der Waals surface area contributed by atoms with Crippen molar-refractivity contribution in [3.05, 3.63) is 36.0 Å². The lowest BCUT2D eigenvalue weighted by Crippen LogP contribution is -1.85. The van der Waals surface area contributed by atoms with Gasteiger partial charge < -0.3 is 0 Å². The van der Waals surface area contributed by atoms with E-state index in [1.54, 1.807) is 0 Å². The number of hydrogen-bond acceptors (Lipinski definition) is 0. The van der Waals surface area contributed by atoms with Gasteiger partial charge in [-0.3, -0.25) is 0 Å². The fraction of sp³-hybridized carbons (Fsp3) is 0.333. The summed E-state index contributed by atoms with van der Waals surface area (Å²) in [4.78, 5) is 0. The molecular formula is C9H12. The molecule has 0 amide bonds. The smallest absolute Gasteiger partial charge is 0.0244 e. The van der Waals surface area contributed by atoms with Crippen LogP contribution < -0.4 is 0 Å². The summed E-state index contributed by atoms with van der Waals surface area (Å²) in [5.74, 6) is 0. The Bertz CT molecular complexity index is 170. The molecule has 1 aliphatic rings. The first kappa shape index (κ1) is 6.34. The van der Waals surface area contributed by atoms with Crippen molar-refractivity contribution in [1.82, 2.24) is 0 Å². The van der Waals surface area contributed by atoms with E-state index in [9.17, 15) is 0 Å². The molecule has 0 spiro atoms. The van der Waals surface area contributed by atoms with Crippen LogP contribution in [0.2, 0.25) is 0 Å². The zero-order chi connectivity index (χ0) is 6.69. The molecule has 0 unspecified atom stereocenters. The first-order valence-electron chi connectivity index (χ1n) is 3.32. The van der Waals surface area contributed by atoms with E-state index in [1.165, 1.54) is 24.0 Å². The zero-order valence-corrected chi connectivity index (χ0v) is 5.85. The van der Waals surface area contributed by atoms with Crippen molar-refractivity contribution < 1.29 is 0 Å². The Morgan fingerprint density at radius 1 is 1.67 bits per heavy atom. The summed E-state index contributed by atoms with van der Waals surface area (Å²) in [5, 5.41) is 0. The fourth-order valence-electron chi connectivity index (χ4n) is 1.05. The second kappa shape index (κ2) is 2.67. The third kappa shape index (κ3) is 1.56. The molecular weight excluding hydrogens is 108 g/mol. The molecule has 0 heterocycles. The Morgan fingerprint density at radius 2 is 2.44 bits per heavy atom. The van der Waals surface area contributed by atoms with E-state index in [-0.39, 0.29) is 0 Å². The first-order chi connectivity index (χ1) is 4.33. The summed E-state index contributed by atoms with van der Waals surface area (Å²) in [6.45, 7) is 5.85. The quantitative estimate of drug-likeness (QED) is 0.499. The average molecular weight is 120 g/mol. The Balaban J connectivity index is 2.74. The molecule has 0 aromatic heterocycles. The Kier molecular flexibility index (Phi) is 1.88. The minimum absolute atomic E-state index is 1.17. The van der Waals surface area contributed by atoms with Crippen molar-refractivity contribution in [1.29, 1.82) is 0 Å². The first-order valence-corrected chi connectivity index (χ1v) is 3.32. The van der Waals surface area contributed by atoms with Gasteiger partial charge >= 0.3 is 0 Å². The van der Waals surface area contributed by atoms with Gasteiger partial charge in [-0.25, -0.2) is 0 Å². The van der Waals surface area contributed by atoms with Gasteiger partial charge in [0, 0.05) is 0 Å². The number of rotatable bonds is 1. The predicted octanol–water partition coefficient (Wildman–Crippen LogP) is 2.84. The molecule has 0 aromatic carbocycles. The van der Waals surface area contributed by atoms with Crippen LogP contribution in [0, 0.1) is 0 Å². The van der Waals surface area contributed by atoms with Gasteiger partial charge in [0.05, 0.1) is 0 Å². The highest BCUT2D eigenvalue weighted by Crippen LogP contribution is 2.16. The van der Waals surface area contributed by atoms with Crippen molar-refractivity contribution in [2.45, 2.75) is 19.8 Å². The Morgan fingerprint density at radius 3 is 2.89 bits per heavy atom. The van der Waals surface area contributed by atoms with E-state index >= 15 is 0 Å². The molecule has 0 fully saturated rings. The van der Waals surface area contributed by atoms with Crippen LogP contribution in [0.4, 0.5) is 0 Å². The lowest BCUT2D eigenvalue weighted by atomic mass is 10.0. The molecule has 0 bridgehead atoms. The van der Waals surface area contributed by atoms with Gasteiger partial charge in [-0.15, -0.1) is 0 Å². The van der Waals surface area contributed by atoms with Gasteiger partial charge in [0.25, 0.3) is 0 Å². The fourth-order valence-corrected chi connectivity index (χ4v) is 1.05. The summed E-state index contributed by atoms with van der Waals surface area (Å²) in [7, 11) is 0. The predicted molar refractivity (Wildman–Crippen MR) is 41.3 cm³/mol. The maximum atomic E-state index is 3.72. The molecule has 0 atom stereocenters. The van der Waals surface area contributed by atoms with Crippen molar-refractivity contribution >= 4 is 0 Å². The molecule has 1 aliphatic carbocycles. The van der Waals surface area contributed by atoms with Crippen LogP contribution >= 0.6 is 0 Å². The van der Waals surface area contributed by atoms with Gasteiger partial charge in [-0.2, -0.15) is 0 Å². The molecule has 1 rings (SSSR count). The van der Waals surface area contributed by atoms with Crippen LogP contribution in [-0.2, 0) is 0 Å². The highest BCUT2D eigenvalue weighted by atomic mass is 14.0. The highest BCUT2D eigenvalue weighted by Gasteiger charge is 1.96. The molecule has 0 N–H and O–H groups in total. The third-order valence-corrected chi connectivity index (χ3v) is 1.57. The van der Waals surface area contributed by atoms with Crippen LogP contribution in [0.3, 0.4) is 0 Å². The van der Waals surface area contributed by atoms with Crippen LogP contribution in [0.1, 0.15) is 19.8 Å². The largest absolute Gasteiger partial charge is 0.0988 e. The molecule has 0 saturated heterocycles. The summed E-state index contributed by atoms with van der Waals surface area (Å²) in [5.41, 5.74) is 2.74. The van der Waals surface area contributed by atoms with Crippen molar-refractivity contribution in [2.75, 3.05) is 0 Å². The zero-order valence-electron chi connectivity index (χ0n) is 5.85. The van der Waals surface area contributed by atoms with Crippen LogP contribution in [0.15, 0.2) is 36.0 Å². The van der Waals surface area contributed by atoms with Crippen LogP contribution in [0.25, 0.3) is 0 Å². The van der Waals surface area contributed by atoms with Gasteiger partial charge in [0.15, 0.2) is 0 Å². The van der Waals surface area contributed by atoms with Gasteiger partial charge in [0.2, 0.25) is 0 Å². The number of allylic oxidation sites excluding steroid dienone is 5. The van der Waals surface area contributed by atoms with E-state index in [0.29, 0.717) is 0 Å². The van der Waals surface area contributed by atoms with Crippen molar-refractivity contribution in [3.8, 4) is 0 Å². The minimum atomic E-state index is 1.17. The van der Waals surface area contributed by atoms with Crippen molar-refractivity contribution in [3.63, 3.8) is 0 Å². The van der Waals surface area contributed by atoms with E-state index in [0.717, 1.165) is 0 Å². The van der Waals surface area contributed by atoms with Crippen molar-refractivity contribution in [2.24, 2.45) is 0 Å². The molecule has 0 radical (unpaired) electrons. The van der Waals surface area contributed by atoms with Gasteiger partial charge in [-0.05, 0) is 25.3 Å². The van der Waals surface area contributed by atoms with Crippen LogP contribution in [-0.4, -0.2) is 0 Å². The molecule has 48 valence electrons. The summed E-state index contributed by atoms with van der Waals surface area (Å²) in [6, 6.07) is 0. The summed E-state index contributed by atoms with van der Waals surface area (Å²) < 4.78 is 0. The maximum Gasteiger partial charge on any atom is -0.0244 e. The summed E-state index contributed by atoms with van der Waals surface area (Å²) in [6.07, 6.45) is 8.74. The SMILES string of the molecule is C=CC1=CC(C)=CCC1. The standard InChI is InChI=1S/C9H12/c1-3-9-6-4-5-8(2)7-9/h3,5,7H,1,4,6H2,2H3. The monoisotopic (exact) mass is 120 g/mol. The van der Waals surface area contributed by atoms with Crippen LogP contribution in [0.5, 0.6) is 0 Å². The van der Waals surface area contributed by atoms with E-state index in [2.05, 4.69) is 25.7 Å². The van der Waals surface area contributed by atoms with Gasteiger partial charge in [0.1, 0.15) is 0 Å². The van der Waals surface area contributed by atoms with E-state index < -0.39 is 0 Å². The molecule has 0 nitrogen and oxygen atoms in total. The molecule has 0 heteroatoms. The molecule has 0 aromatic rings. The second-order valence-electron chi connectivity index (χ2n) is 2.41. The molecule has 9 heavy (non-hydrogen) atoms. The lowest BCUT2D eigenvalue weighted by molar-refractivity contribution is 0.974. The minimum Gasteiger partial charge on any atom is -0.0988 e. The van der Waals surface area contributed by atoms with Gasteiger partial charge in [-0.1, -0.05) is 30.4 Å². The van der Waals surface area contributed by atoms with E-state index in [4.69, 9.17) is 0 Å². The van der Waals surface area contributed by atoms with E-state index in [1.807, 2.05) is 6.08 Å². The topological polar surface area (TPSA) is 0 Å². The number of hydrogen-bond donors (Lipinski definition) is 0. The Hall–Kier alpha value is -0.780. The second-order valence-corrected chi connectivity index (χ2v) is 2.41. The average Bonchev–Trinajstić information content (AvgIpc) is 1.88. The third-order valence-electron chi connectivity index (χ3n) is 1.57. The maximum absolute atomic E-state index is 3.72.